The van der Waals surface area contributed by atoms with E-state index in [-0.39, 0.29) is 5.75 Å². The van der Waals surface area contributed by atoms with Gasteiger partial charge in [-0.25, -0.2) is 8.42 Å². The minimum Gasteiger partial charge on any atom is -0.354 e. The van der Waals surface area contributed by atoms with Crippen LogP contribution >= 0.6 is 0 Å². The maximum Gasteiger partial charge on any atom is 0.233 e. The zero-order valence-electron chi connectivity index (χ0n) is 7.23. The quantitative estimate of drug-likeness (QED) is 0.600. The number of allylic oxidation sites excluding steroid dienone is 2. The lowest BCUT2D eigenvalue weighted by molar-refractivity contribution is 0.371. The Morgan fingerprint density at radius 1 is 1.46 bits per heavy atom. The van der Waals surface area contributed by atoms with Gasteiger partial charge in [-0.15, -0.1) is 0 Å². The maximum atomic E-state index is 11.3. The molecule has 0 aromatic heterocycles. The lowest BCUT2D eigenvalue weighted by atomic mass is 10.3. The number of sulfonamides is 1. The van der Waals surface area contributed by atoms with E-state index in [2.05, 4.69) is 4.72 Å². The van der Waals surface area contributed by atoms with E-state index in [1.165, 1.54) is 0 Å². The summed E-state index contributed by atoms with van der Waals surface area (Å²) in [5.74, 6) is 0.931. The Balaban J connectivity index is 2.28. The SMILES string of the molecule is O=S1(=O)CCCN2CC=CC=C2N1. The van der Waals surface area contributed by atoms with E-state index in [9.17, 15) is 8.42 Å². The Morgan fingerprint density at radius 2 is 2.31 bits per heavy atom. The van der Waals surface area contributed by atoms with E-state index in [0.29, 0.717) is 12.2 Å². The van der Waals surface area contributed by atoms with E-state index in [0.717, 1.165) is 13.1 Å². The van der Waals surface area contributed by atoms with Crippen molar-refractivity contribution in [1.29, 1.82) is 0 Å². The van der Waals surface area contributed by atoms with Gasteiger partial charge >= 0.3 is 0 Å². The van der Waals surface area contributed by atoms with Crippen LogP contribution in [0.5, 0.6) is 0 Å². The third kappa shape index (κ3) is 1.85. The van der Waals surface area contributed by atoms with Gasteiger partial charge in [0.15, 0.2) is 0 Å². The summed E-state index contributed by atoms with van der Waals surface area (Å²) in [6.07, 6.45) is 6.38. The highest BCUT2D eigenvalue weighted by molar-refractivity contribution is 7.89. The molecule has 1 N–H and O–H groups in total. The molecule has 0 aromatic rings. The smallest absolute Gasteiger partial charge is 0.233 e. The zero-order chi connectivity index (χ0) is 9.31. The fourth-order valence-corrected chi connectivity index (χ4v) is 2.64. The van der Waals surface area contributed by atoms with Crippen molar-refractivity contribution in [2.45, 2.75) is 6.42 Å². The van der Waals surface area contributed by atoms with E-state index >= 15 is 0 Å². The van der Waals surface area contributed by atoms with Crippen molar-refractivity contribution < 1.29 is 8.42 Å². The molecular weight excluding hydrogens is 188 g/mol. The molecule has 0 aromatic carbocycles. The van der Waals surface area contributed by atoms with Crippen LogP contribution in [0.15, 0.2) is 24.0 Å². The summed E-state index contributed by atoms with van der Waals surface area (Å²) in [6.45, 7) is 1.61. The molecule has 72 valence electrons. The summed E-state index contributed by atoms with van der Waals surface area (Å²) in [5, 5.41) is 0. The van der Waals surface area contributed by atoms with E-state index in [4.69, 9.17) is 0 Å². The van der Waals surface area contributed by atoms with Gasteiger partial charge in [-0.3, -0.25) is 4.72 Å². The lowest BCUT2D eigenvalue weighted by Crippen LogP contribution is -2.33. The highest BCUT2D eigenvalue weighted by Crippen LogP contribution is 2.13. The van der Waals surface area contributed by atoms with Crippen molar-refractivity contribution in [2.75, 3.05) is 18.8 Å². The molecule has 1 saturated heterocycles. The minimum atomic E-state index is -3.08. The van der Waals surface area contributed by atoms with Crippen molar-refractivity contribution in [3.8, 4) is 0 Å². The van der Waals surface area contributed by atoms with Crippen LogP contribution in [0, 0.1) is 0 Å². The van der Waals surface area contributed by atoms with Gasteiger partial charge in [0, 0.05) is 13.1 Å². The molecule has 0 saturated carbocycles. The molecule has 0 amide bonds. The summed E-state index contributed by atoms with van der Waals surface area (Å²) < 4.78 is 25.2. The molecule has 0 spiro atoms. The third-order valence-corrected chi connectivity index (χ3v) is 3.50. The minimum absolute atomic E-state index is 0.223. The van der Waals surface area contributed by atoms with E-state index < -0.39 is 10.0 Å². The van der Waals surface area contributed by atoms with Gasteiger partial charge in [-0.2, -0.15) is 0 Å². The Morgan fingerprint density at radius 3 is 3.15 bits per heavy atom. The molecule has 0 aliphatic carbocycles. The predicted octanol–water partition coefficient (Wildman–Crippen LogP) is 0.0227. The lowest BCUT2D eigenvalue weighted by Gasteiger charge is -2.25. The van der Waals surface area contributed by atoms with Crippen LogP contribution in [0.1, 0.15) is 6.42 Å². The molecular formula is C8H12N2O2S. The summed E-state index contributed by atoms with van der Waals surface area (Å²) in [6, 6.07) is 0. The third-order valence-electron chi connectivity index (χ3n) is 2.16. The van der Waals surface area contributed by atoms with Crippen LogP contribution < -0.4 is 4.72 Å². The second-order valence-corrected chi connectivity index (χ2v) is 5.04. The molecule has 0 bridgehead atoms. The van der Waals surface area contributed by atoms with Crippen LogP contribution in [0.3, 0.4) is 0 Å². The summed E-state index contributed by atoms with van der Waals surface area (Å²) in [4.78, 5) is 2.03. The molecule has 0 unspecified atom stereocenters. The fraction of sp³-hybridized carbons (Fsp3) is 0.500. The van der Waals surface area contributed by atoms with Crippen LogP contribution in [0.2, 0.25) is 0 Å². The van der Waals surface area contributed by atoms with E-state index in [1.807, 2.05) is 17.1 Å². The van der Waals surface area contributed by atoms with Crippen molar-refractivity contribution >= 4 is 10.0 Å². The van der Waals surface area contributed by atoms with Crippen LogP contribution in [0.4, 0.5) is 0 Å². The average Bonchev–Trinajstić information content (AvgIpc) is 2.21. The number of rotatable bonds is 0. The first kappa shape index (κ1) is 8.62. The van der Waals surface area contributed by atoms with Gasteiger partial charge in [-0.05, 0) is 12.5 Å². The number of fused-ring (bicyclic) bond motifs is 1. The number of nitrogens with one attached hydrogen (secondary N) is 1. The van der Waals surface area contributed by atoms with Crippen LogP contribution in [-0.2, 0) is 10.0 Å². The topological polar surface area (TPSA) is 49.4 Å². The molecule has 2 aliphatic rings. The monoisotopic (exact) mass is 200 g/mol. The Hall–Kier alpha value is -0.970. The van der Waals surface area contributed by atoms with Gasteiger partial charge in [0.1, 0.15) is 5.82 Å². The molecule has 2 aliphatic heterocycles. The molecule has 5 heteroatoms. The van der Waals surface area contributed by atoms with Gasteiger partial charge in [0.25, 0.3) is 0 Å². The first-order chi connectivity index (χ1) is 6.17. The van der Waals surface area contributed by atoms with Crippen molar-refractivity contribution in [3.05, 3.63) is 24.0 Å². The standard InChI is InChI=1S/C8H12N2O2S/c11-13(12)7-3-6-10-5-2-1-4-8(10)9-13/h1-2,4,9H,3,5-7H2. The Bertz CT molecular complexity index is 356. The van der Waals surface area contributed by atoms with Crippen LogP contribution in [0.25, 0.3) is 0 Å². The fourth-order valence-electron chi connectivity index (χ4n) is 1.52. The Labute approximate surface area is 78.0 Å². The normalized spacial score (nSPS) is 25.5. The number of hydrogen-bond donors (Lipinski definition) is 1. The predicted molar refractivity (Wildman–Crippen MR) is 50.3 cm³/mol. The van der Waals surface area contributed by atoms with Gasteiger partial charge in [0.05, 0.1) is 5.75 Å². The number of hydrogen-bond acceptors (Lipinski definition) is 3. The molecule has 0 radical (unpaired) electrons. The van der Waals surface area contributed by atoms with E-state index in [1.54, 1.807) is 6.08 Å². The highest BCUT2D eigenvalue weighted by atomic mass is 32.2. The second-order valence-electron chi connectivity index (χ2n) is 3.20. The molecule has 13 heavy (non-hydrogen) atoms. The average molecular weight is 200 g/mol. The molecule has 2 rings (SSSR count). The Kier molecular flexibility index (Phi) is 2.03. The summed E-state index contributed by atoms with van der Waals surface area (Å²) in [7, 11) is -3.08. The van der Waals surface area contributed by atoms with Crippen molar-refractivity contribution in [2.24, 2.45) is 0 Å². The zero-order valence-corrected chi connectivity index (χ0v) is 8.05. The van der Waals surface area contributed by atoms with Crippen molar-refractivity contribution in [3.63, 3.8) is 0 Å². The molecule has 0 atom stereocenters. The van der Waals surface area contributed by atoms with Crippen LogP contribution in [-0.4, -0.2) is 32.2 Å². The summed E-state index contributed by atoms with van der Waals surface area (Å²) >= 11 is 0. The van der Waals surface area contributed by atoms with Gasteiger partial charge in [-0.1, -0.05) is 12.2 Å². The second kappa shape index (κ2) is 3.06. The maximum absolute atomic E-state index is 11.3. The van der Waals surface area contributed by atoms with Gasteiger partial charge < -0.3 is 4.90 Å². The molecule has 1 fully saturated rings. The first-order valence-corrected chi connectivity index (χ1v) is 5.95. The first-order valence-electron chi connectivity index (χ1n) is 4.30. The van der Waals surface area contributed by atoms with Gasteiger partial charge in [0.2, 0.25) is 10.0 Å². The molecule has 2 heterocycles. The largest absolute Gasteiger partial charge is 0.354 e. The van der Waals surface area contributed by atoms with Crippen molar-refractivity contribution in [1.82, 2.24) is 9.62 Å². The highest BCUT2D eigenvalue weighted by Gasteiger charge is 2.21. The number of nitrogens with zero attached hydrogens (tertiary/aromatic N) is 1. The summed E-state index contributed by atoms with van der Waals surface area (Å²) in [5.41, 5.74) is 0. The molecule has 4 nitrogen and oxygen atoms in total.